The van der Waals surface area contributed by atoms with Crippen molar-refractivity contribution in [3.63, 3.8) is 0 Å². The van der Waals surface area contributed by atoms with Gasteiger partial charge in [0.1, 0.15) is 11.6 Å². The Hall–Kier alpha value is -1.74. The van der Waals surface area contributed by atoms with Gasteiger partial charge in [-0.1, -0.05) is 24.3 Å². The molecule has 0 aliphatic heterocycles. The molecule has 1 unspecified atom stereocenters. The molecule has 0 heterocycles. The highest BCUT2D eigenvalue weighted by atomic mass is 19.1. The molecule has 0 aliphatic rings. The normalized spacial score (nSPS) is 12.5. The van der Waals surface area contributed by atoms with Crippen LogP contribution in [0, 0.1) is 11.6 Å². The van der Waals surface area contributed by atoms with E-state index in [1.165, 1.54) is 12.1 Å². The Bertz CT molecular complexity index is 535. The van der Waals surface area contributed by atoms with E-state index in [2.05, 4.69) is 0 Å². The predicted octanol–water partition coefficient (Wildman–Crippen LogP) is 3.69. The van der Waals surface area contributed by atoms with Crippen LogP contribution in [0.5, 0.6) is 0 Å². The number of hydrogen-bond donors (Lipinski definition) is 1. The first-order valence-corrected chi connectivity index (χ1v) is 5.32. The van der Waals surface area contributed by atoms with E-state index in [4.69, 9.17) is 0 Å². The van der Waals surface area contributed by atoms with E-state index in [-0.39, 0.29) is 0 Å². The molecule has 1 atom stereocenters. The second-order valence-corrected chi connectivity index (χ2v) is 3.89. The van der Waals surface area contributed by atoms with E-state index >= 15 is 0 Å². The lowest BCUT2D eigenvalue weighted by Gasteiger charge is -2.12. The summed E-state index contributed by atoms with van der Waals surface area (Å²) >= 11 is 0. The molecule has 88 valence electrons. The number of aliphatic hydroxyl groups is 1. The molecular weight excluding hydrogens is 222 g/mol. The summed E-state index contributed by atoms with van der Waals surface area (Å²) in [5.41, 5.74) is 1.50. The summed E-state index contributed by atoms with van der Waals surface area (Å²) in [5.74, 6) is -1.24. The Morgan fingerprint density at radius 2 is 1.71 bits per heavy atom. The van der Waals surface area contributed by atoms with Gasteiger partial charge < -0.3 is 5.11 Å². The minimum Gasteiger partial charge on any atom is -0.389 e. The van der Waals surface area contributed by atoms with Crippen molar-refractivity contribution in [2.24, 2.45) is 0 Å². The van der Waals surface area contributed by atoms with E-state index in [1.54, 1.807) is 31.2 Å². The zero-order valence-corrected chi connectivity index (χ0v) is 9.32. The monoisotopic (exact) mass is 234 g/mol. The highest BCUT2D eigenvalue weighted by Gasteiger charge is 2.12. The third kappa shape index (κ3) is 2.34. The highest BCUT2D eigenvalue weighted by molar-refractivity contribution is 5.68. The average Bonchev–Trinajstić information content (AvgIpc) is 2.29. The Kier molecular flexibility index (Phi) is 3.20. The molecule has 0 aliphatic carbocycles. The van der Waals surface area contributed by atoms with Crippen LogP contribution >= 0.6 is 0 Å². The van der Waals surface area contributed by atoms with Gasteiger partial charge in [-0.15, -0.1) is 0 Å². The van der Waals surface area contributed by atoms with Gasteiger partial charge >= 0.3 is 0 Å². The predicted molar refractivity (Wildman–Crippen MR) is 62.4 cm³/mol. The minimum absolute atomic E-state index is 0.294. The van der Waals surface area contributed by atoms with Gasteiger partial charge in [0, 0.05) is 11.6 Å². The van der Waals surface area contributed by atoms with Crippen LogP contribution in [0.4, 0.5) is 8.78 Å². The number of hydrogen-bond acceptors (Lipinski definition) is 1. The summed E-state index contributed by atoms with van der Waals surface area (Å²) < 4.78 is 26.5. The maximum Gasteiger partial charge on any atom is 0.133 e. The summed E-state index contributed by atoms with van der Waals surface area (Å²) in [4.78, 5) is 0. The first-order valence-electron chi connectivity index (χ1n) is 5.32. The molecule has 1 nitrogen and oxygen atoms in total. The van der Waals surface area contributed by atoms with Crippen molar-refractivity contribution in [3.8, 4) is 11.1 Å². The second kappa shape index (κ2) is 4.63. The molecule has 17 heavy (non-hydrogen) atoms. The zero-order valence-electron chi connectivity index (χ0n) is 9.32. The first-order chi connectivity index (χ1) is 8.09. The molecule has 0 saturated heterocycles. The lowest BCUT2D eigenvalue weighted by atomic mass is 9.96. The van der Waals surface area contributed by atoms with Crippen LogP contribution in [-0.4, -0.2) is 5.11 Å². The van der Waals surface area contributed by atoms with Crippen molar-refractivity contribution >= 4 is 0 Å². The fraction of sp³-hybridized carbons (Fsp3) is 0.143. The molecule has 0 saturated carbocycles. The summed E-state index contributed by atoms with van der Waals surface area (Å²) in [5, 5.41) is 9.61. The molecule has 3 heteroatoms. The SMILES string of the molecule is CC(O)c1ccccc1-c1ccc(F)cc1F. The third-order valence-electron chi connectivity index (χ3n) is 2.63. The van der Waals surface area contributed by atoms with E-state index in [1.807, 2.05) is 0 Å². The van der Waals surface area contributed by atoms with E-state index < -0.39 is 17.7 Å². The van der Waals surface area contributed by atoms with Crippen molar-refractivity contribution in [2.75, 3.05) is 0 Å². The topological polar surface area (TPSA) is 20.2 Å². The van der Waals surface area contributed by atoms with Crippen LogP contribution in [0.3, 0.4) is 0 Å². The first kappa shape index (κ1) is 11.7. The molecule has 0 aromatic heterocycles. The van der Waals surface area contributed by atoms with Gasteiger partial charge in [0.15, 0.2) is 0 Å². The molecule has 0 radical (unpaired) electrons. The van der Waals surface area contributed by atoms with Crippen molar-refractivity contribution in [1.29, 1.82) is 0 Å². The van der Waals surface area contributed by atoms with Crippen LogP contribution in [0.1, 0.15) is 18.6 Å². The van der Waals surface area contributed by atoms with Gasteiger partial charge in [-0.05, 0) is 30.2 Å². The summed E-state index contributed by atoms with van der Waals surface area (Å²) in [7, 11) is 0. The third-order valence-corrected chi connectivity index (χ3v) is 2.63. The second-order valence-electron chi connectivity index (χ2n) is 3.89. The Balaban J connectivity index is 2.60. The summed E-state index contributed by atoms with van der Waals surface area (Å²) in [6, 6.07) is 10.4. The van der Waals surface area contributed by atoms with Crippen LogP contribution in [0.2, 0.25) is 0 Å². The van der Waals surface area contributed by atoms with Crippen molar-refractivity contribution in [1.82, 2.24) is 0 Å². The van der Waals surface area contributed by atoms with E-state index in [0.29, 0.717) is 16.7 Å². The van der Waals surface area contributed by atoms with Crippen molar-refractivity contribution < 1.29 is 13.9 Å². The quantitative estimate of drug-likeness (QED) is 0.840. The Labute approximate surface area is 98.3 Å². The maximum absolute atomic E-state index is 13.7. The fourth-order valence-corrected chi connectivity index (χ4v) is 1.81. The average molecular weight is 234 g/mol. The van der Waals surface area contributed by atoms with Crippen molar-refractivity contribution in [3.05, 3.63) is 59.7 Å². The molecule has 0 amide bonds. The van der Waals surface area contributed by atoms with Gasteiger partial charge in [-0.2, -0.15) is 0 Å². The zero-order chi connectivity index (χ0) is 12.4. The van der Waals surface area contributed by atoms with Crippen LogP contribution < -0.4 is 0 Å². The number of benzene rings is 2. The molecule has 1 N–H and O–H groups in total. The Morgan fingerprint density at radius 1 is 1.00 bits per heavy atom. The standard InChI is InChI=1S/C14H12F2O/c1-9(17)11-4-2-3-5-12(11)13-7-6-10(15)8-14(13)16/h2-9,17H,1H3. The lowest BCUT2D eigenvalue weighted by Crippen LogP contribution is -1.96. The van der Waals surface area contributed by atoms with Crippen LogP contribution in [0.15, 0.2) is 42.5 Å². The van der Waals surface area contributed by atoms with Crippen LogP contribution in [0.25, 0.3) is 11.1 Å². The van der Waals surface area contributed by atoms with Gasteiger partial charge in [0.25, 0.3) is 0 Å². The van der Waals surface area contributed by atoms with E-state index in [0.717, 1.165) is 6.07 Å². The molecule has 0 spiro atoms. The van der Waals surface area contributed by atoms with E-state index in [9.17, 15) is 13.9 Å². The fourth-order valence-electron chi connectivity index (χ4n) is 1.81. The number of aliphatic hydroxyl groups excluding tert-OH is 1. The van der Waals surface area contributed by atoms with Gasteiger partial charge in [0.2, 0.25) is 0 Å². The smallest absolute Gasteiger partial charge is 0.133 e. The molecule has 0 fully saturated rings. The lowest BCUT2D eigenvalue weighted by molar-refractivity contribution is 0.200. The van der Waals surface area contributed by atoms with Gasteiger partial charge in [-0.3, -0.25) is 0 Å². The molecule has 0 bridgehead atoms. The molecule has 2 rings (SSSR count). The molecule has 2 aromatic carbocycles. The molecule has 2 aromatic rings. The van der Waals surface area contributed by atoms with Gasteiger partial charge in [-0.25, -0.2) is 8.78 Å². The number of rotatable bonds is 2. The summed E-state index contributed by atoms with van der Waals surface area (Å²) in [6.45, 7) is 1.61. The van der Waals surface area contributed by atoms with Gasteiger partial charge in [0.05, 0.1) is 6.10 Å². The largest absolute Gasteiger partial charge is 0.389 e. The molecular formula is C14H12F2O. The minimum atomic E-state index is -0.698. The maximum atomic E-state index is 13.7. The Morgan fingerprint density at radius 3 is 2.35 bits per heavy atom. The summed E-state index contributed by atoms with van der Waals surface area (Å²) in [6.07, 6.45) is -0.698. The van der Waals surface area contributed by atoms with Crippen molar-refractivity contribution in [2.45, 2.75) is 13.0 Å². The number of halogens is 2. The highest BCUT2D eigenvalue weighted by Crippen LogP contribution is 2.30. The van der Waals surface area contributed by atoms with Crippen LogP contribution in [-0.2, 0) is 0 Å².